The van der Waals surface area contributed by atoms with Crippen LogP contribution in [-0.4, -0.2) is 24.0 Å². The van der Waals surface area contributed by atoms with Crippen LogP contribution in [0.2, 0.25) is 0 Å². The Kier molecular flexibility index (Phi) is 5.95. The summed E-state index contributed by atoms with van der Waals surface area (Å²) < 4.78 is 39.6. The molecule has 148 valence electrons. The number of carbonyl (C=O) groups is 2. The predicted molar refractivity (Wildman–Crippen MR) is 101 cm³/mol. The number of nitrogens with one attached hydrogen (secondary N) is 2. The van der Waals surface area contributed by atoms with Crippen LogP contribution in [0.15, 0.2) is 53.4 Å². The van der Waals surface area contributed by atoms with Gasteiger partial charge in [-0.05, 0) is 60.2 Å². The second-order valence-electron chi connectivity index (χ2n) is 6.50. The van der Waals surface area contributed by atoms with E-state index in [1.165, 1.54) is 24.3 Å². The molecule has 1 unspecified atom stereocenters. The fraction of sp³-hybridized carbons (Fsp3) is 0.263. The first-order chi connectivity index (χ1) is 13.2. The number of fused-ring (bicyclic) bond motifs is 1. The summed E-state index contributed by atoms with van der Waals surface area (Å²) in [6, 6.07) is 13.3. The van der Waals surface area contributed by atoms with Crippen molar-refractivity contribution in [3.8, 4) is 0 Å². The summed E-state index contributed by atoms with van der Waals surface area (Å²) in [6.45, 7) is 0. The minimum absolute atomic E-state index is 0.0187. The molecule has 0 fully saturated rings. The van der Waals surface area contributed by atoms with E-state index in [0.717, 1.165) is 29.5 Å². The number of hydrogen-bond acceptors (Lipinski definition) is 4. The molecule has 0 radical (unpaired) electrons. The largest absolute Gasteiger partial charge is 0.471 e. The van der Waals surface area contributed by atoms with Crippen LogP contribution in [0, 0.1) is 0 Å². The first-order valence-corrected chi connectivity index (χ1v) is 9.34. The topological polar surface area (TPSA) is 84.2 Å². The molecular weight excluding hydrogens is 391 g/mol. The molecule has 5 nitrogen and oxygen atoms in total. The van der Waals surface area contributed by atoms with Crippen LogP contribution < -0.4 is 15.8 Å². The van der Waals surface area contributed by atoms with Gasteiger partial charge in [-0.15, -0.1) is 0 Å². The summed E-state index contributed by atoms with van der Waals surface area (Å²) in [7, 11) is 0. The van der Waals surface area contributed by atoms with Crippen LogP contribution in [0.4, 0.5) is 18.9 Å². The van der Waals surface area contributed by atoms with E-state index >= 15 is 0 Å². The highest BCUT2D eigenvalue weighted by Gasteiger charge is 2.38. The van der Waals surface area contributed by atoms with E-state index in [-0.39, 0.29) is 23.6 Å². The number of amides is 2. The average molecular weight is 409 g/mol. The number of nitrogens with two attached hydrogens (primary N) is 1. The summed E-state index contributed by atoms with van der Waals surface area (Å²) in [6.07, 6.45) is -3.66. The molecule has 2 aromatic rings. The third-order valence-electron chi connectivity index (χ3n) is 4.41. The highest BCUT2D eigenvalue weighted by molar-refractivity contribution is 7.98. The molecule has 3 rings (SSSR count). The number of anilines is 1. The average Bonchev–Trinajstić information content (AvgIpc) is 2.65. The third kappa shape index (κ3) is 4.85. The maximum Gasteiger partial charge on any atom is 0.471 e. The van der Waals surface area contributed by atoms with E-state index < -0.39 is 12.1 Å². The Morgan fingerprint density at radius 2 is 1.75 bits per heavy atom. The number of alkyl halides is 3. The highest BCUT2D eigenvalue weighted by atomic mass is 32.2. The number of halogens is 3. The summed E-state index contributed by atoms with van der Waals surface area (Å²) in [5.41, 5.74) is 8.12. The van der Waals surface area contributed by atoms with Crippen LogP contribution in [0.25, 0.3) is 0 Å². The molecule has 2 amide bonds. The first kappa shape index (κ1) is 20.2. The van der Waals surface area contributed by atoms with Crippen molar-refractivity contribution in [2.45, 2.75) is 35.9 Å². The Hall–Kier alpha value is -2.52. The van der Waals surface area contributed by atoms with Crippen molar-refractivity contribution >= 4 is 29.4 Å². The van der Waals surface area contributed by atoms with Crippen LogP contribution in [0.5, 0.6) is 0 Å². The van der Waals surface area contributed by atoms with Gasteiger partial charge in [0, 0.05) is 16.6 Å². The molecule has 1 aliphatic carbocycles. The quantitative estimate of drug-likeness (QED) is 0.676. The van der Waals surface area contributed by atoms with Crippen molar-refractivity contribution in [3.63, 3.8) is 0 Å². The number of carbonyl (C=O) groups excluding carboxylic acids is 2. The van der Waals surface area contributed by atoms with Crippen LogP contribution in [-0.2, 0) is 16.0 Å². The van der Waals surface area contributed by atoms with Gasteiger partial charge in [-0.3, -0.25) is 14.3 Å². The van der Waals surface area contributed by atoms with Gasteiger partial charge >= 0.3 is 12.1 Å². The van der Waals surface area contributed by atoms with Gasteiger partial charge in [0.1, 0.15) is 0 Å². The normalized spacial score (nSPS) is 18.9. The highest BCUT2D eigenvalue weighted by Crippen LogP contribution is 2.32. The van der Waals surface area contributed by atoms with Gasteiger partial charge < -0.3 is 11.1 Å². The lowest BCUT2D eigenvalue weighted by atomic mass is 9.80. The van der Waals surface area contributed by atoms with E-state index in [4.69, 9.17) is 5.73 Å². The summed E-state index contributed by atoms with van der Waals surface area (Å²) in [5.74, 6) is -2.56. The van der Waals surface area contributed by atoms with Crippen LogP contribution in [0.3, 0.4) is 0 Å². The minimum atomic E-state index is -4.95. The second kappa shape index (κ2) is 8.24. The lowest BCUT2D eigenvalue weighted by Gasteiger charge is -2.28. The van der Waals surface area contributed by atoms with Gasteiger partial charge in [-0.25, -0.2) is 0 Å². The van der Waals surface area contributed by atoms with E-state index in [0.29, 0.717) is 11.3 Å². The zero-order valence-corrected chi connectivity index (χ0v) is 15.4. The smallest absolute Gasteiger partial charge is 0.327 e. The third-order valence-corrected chi connectivity index (χ3v) is 5.22. The molecule has 0 spiro atoms. The lowest BCUT2D eigenvalue weighted by Crippen LogP contribution is -2.36. The molecule has 0 saturated heterocycles. The molecule has 1 aliphatic rings. The molecule has 0 aliphatic heterocycles. The van der Waals surface area contributed by atoms with Gasteiger partial charge in [0.25, 0.3) is 0 Å². The van der Waals surface area contributed by atoms with Crippen molar-refractivity contribution in [2.24, 2.45) is 5.73 Å². The molecular formula is C19H18F3N3O2S. The number of benzene rings is 2. The standard InChI is InChI=1S/C19H18F3N3O2S/c20-19(21,22)18(27)24-13-5-7-14(8-6-13)28-25-17(26)16-10-12(23)9-11-3-1-2-4-15(11)16/h1-8,12,16H,9-10,23H2,(H,24,27)(H,25,26)/t12?,16-/m1/s1. The molecule has 0 bridgehead atoms. The van der Waals surface area contributed by atoms with E-state index in [1.807, 2.05) is 24.3 Å². The summed E-state index contributed by atoms with van der Waals surface area (Å²) in [5, 5.41) is 1.77. The van der Waals surface area contributed by atoms with Crippen molar-refractivity contribution in [2.75, 3.05) is 5.32 Å². The van der Waals surface area contributed by atoms with Gasteiger partial charge in [0.05, 0.1) is 5.92 Å². The summed E-state index contributed by atoms with van der Waals surface area (Å²) >= 11 is 1.06. The molecule has 0 aromatic heterocycles. The maximum absolute atomic E-state index is 12.6. The number of rotatable bonds is 4. The molecule has 2 atom stereocenters. The monoisotopic (exact) mass is 409 g/mol. The minimum Gasteiger partial charge on any atom is -0.327 e. The number of hydrogen-bond donors (Lipinski definition) is 3. The zero-order valence-electron chi connectivity index (χ0n) is 14.6. The van der Waals surface area contributed by atoms with E-state index in [1.54, 1.807) is 5.32 Å². The SMILES string of the molecule is NC1Cc2ccccc2[C@H](C(=O)NSc2ccc(NC(=O)C(F)(F)F)cc2)C1. The Morgan fingerprint density at radius 1 is 1.07 bits per heavy atom. The van der Waals surface area contributed by atoms with Crippen molar-refractivity contribution in [1.29, 1.82) is 0 Å². The Balaban J connectivity index is 1.60. The van der Waals surface area contributed by atoms with Crippen LogP contribution >= 0.6 is 11.9 Å². The maximum atomic E-state index is 12.6. The Morgan fingerprint density at radius 3 is 2.43 bits per heavy atom. The van der Waals surface area contributed by atoms with Gasteiger partial charge in [-0.1, -0.05) is 24.3 Å². The Labute approximate surface area is 164 Å². The lowest BCUT2D eigenvalue weighted by molar-refractivity contribution is -0.167. The Bertz CT molecular complexity index is 871. The van der Waals surface area contributed by atoms with Gasteiger partial charge in [0.2, 0.25) is 5.91 Å². The molecule has 0 saturated carbocycles. The molecule has 0 heterocycles. The fourth-order valence-electron chi connectivity index (χ4n) is 3.09. The summed E-state index contributed by atoms with van der Waals surface area (Å²) in [4.78, 5) is 24.2. The molecule has 4 N–H and O–H groups in total. The first-order valence-electron chi connectivity index (χ1n) is 8.52. The predicted octanol–water partition coefficient (Wildman–Crippen LogP) is 3.37. The fourth-order valence-corrected chi connectivity index (χ4v) is 3.73. The van der Waals surface area contributed by atoms with Gasteiger partial charge in [-0.2, -0.15) is 13.2 Å². The molecule has 2 aromatic carbocycles. The van der Waals surface area contributed by atoms with Crippen LogP contribution in [0.1, 0.15) is 23.5 Å². The zero-order chi connectivity index (χ0) is 20.3. The van der Waals surface area contributed by atoms with Crippen molar-refractivity contribution in [3.05, 3.63) is 59.7 Å². The van der Waals surface area contributed by atoms with Gasteiger partial charge in [0.15, 0.2) is 0 Å². The van der Waals surface area contributed by atoms with Crippen molar-refractivity contribution in [1.82, 2.24) is 4.72 Å². The van der Waals surface area contributed by atoms with E-state index in [2.05, 4.69) is 4.72 Å². The molecule has 9 heteroatoms. The molecule has 28 heavy (non-hydrogen) atoms. The second-order valence-corrected chi connectivity index (χ2v) is 7.38. The van der Waals surface area contributed by atoms with Crippen molar-refractivity contribution < 1.29 is 22.8 Å². The van der Waals surface area contributed by atoms with E-state index in [9.17, 15) is 22.8 Å².